The van der Waals surface area contributed by atoms with E-state index in [-0.39, 0.29) is 5.78 Å². The topological polar surface area (TPSA) is 34.1 Å². The normalized spacial score (nSPS) is 26.5. The van der Waals surface area contributed by atoms with Crippen molar-refractivity contribution in [3.8, 4) is 0 Å². The van der Waals surface area contributed by atoms with E-state index in [1.807, 2.05) is 0 Å². The molecule has 0 N–H and O–H groups in total. The van der Waals surface area contributed by atoms with Gasteiger partial charge >= 0.3 is 0 Å². The number of hydrogen-bond donors (Lipinski definition) is 0. The first-order valence-corrected chi connectivity index (χ1v) is 6.91. The third kappa shape index (κ3) is 3.32. The van der Waals surface area contributed by atoms with Gasteiger partial charge in [-0.25, -0.2) is 0 Å². The molecule has 1 fully saturated rings. The zero-order valence-electron chi connectivity index (χ0n) is 7.40. The Hall–Kier alpha value is 1.17. The number of hydrogen-bond acceptors (Lipinski definition) is 2. The third-order valence-corrected chi connectivity index (χ3v) is 4.39. The number of carbonyl (C=O) groups is 2. The quantitative estimate of drug-likeness (QED) is 0.495. The smallest absolute Gasteiger partial charge is 0.249 e. The van der Waals surface area contributed by atoms with Crippen molar-refractivity contribution < 1.29 is 9.59 Å². The lowest BCUT2D eigenvalue weighted by atomic mass is 9.85. The second kappa shape index (κ2) is 4.81. The van der Waals surface area contributed by atoms with Gasteiger partial charge in [0, 0.05) is 0 Å². The van der Waals surface area contributed by atoms with Crippen LogP contribution in [0, 0.1) is 5.92 Å². The summed E-state index contributed by atoms with van der Waals surface area (Å²) in [6.45, 7) is 0. The molecule has 0 aromatic rings. The van der Waals surface area contributed by atoms with Gasteiger partial charge in [-0.2, -0.15) is 0 Å². The highest BCUT2D eigenvalue weighted by Crippen LogP contribution is 2.43. The number of ketones is 2. The van der Waals surface area contributed by atoms with Crippen LogP contribution in [0.3, 0.4) is 0 Å². The maximum atomic E-state index is 11.8. The highest BCUT2D eigenvalue weighted by atomic mass is 79.9. The summed E-state index contributed by atoms with van der Waals surface area (Å²) >= 11 is 22.9. The van der Waals surface area contributed by atoms with E-state index in [1.165, 1.54) is 0 Å². The average molecular weight is 401 g/mol. The summed E-state index contributed by atoms with van der Waals surface area (Å²) in [5.74, 6) is -1.77. The van der Waals surface area contributed by atoms with E-state index in [2.05, 4.69) is 31.9 Å². The van der Waals surface area contributed by atoms with Gasteiger partial charge in [-0.05, 0) is 19.3 Å². The first-order chi connectivity index (χ1) is 6.66. The molecule has 86 valence electrons. The Morgan fingerprint density at radius 3 is 2.40 bits per heavy atom. The van der Waals surface area contributed by atoms with Gasteiger partial charge in [-0.1, -0.05) is 66.7 Å². The largest absolute Gasteiger partial charge is 0.296 e. The standard InChI is InChI=1S/C8H7Br2Cl3O2/c9-7(10)3-1-2-4(5(7)14)6(15)8(11,12)13/h4H,1-3H2. The Labute approximate surface area is 119 Å². The lowest BCUT2D eigenvalue weighted by Crippen LogP contribution is -2.43. The van der Waals surface area contributed by atoms with Crippen LogP contribution in [0.15, 0.2) is 0 Å². The van der Waals surface area contributed by atoms with Gasteiger partial charge < -0.3 is 0 Å². The molecular weight excluding hydrogens is 394 g/mol. The molecule has 0 amide bonds. The number of carbonyl (C=O) groups excluding carboxylic acids is 2. The van der Waals surface area contributed by atoms with E-state index in [0.717, 1.165) is 6.42 Å². The van der Waals surface area contributed by atoms with Crippen molar-refractivity contribution in [2.45, 2.75) is 26.3 Å². The molecule has 0 heterocycles. The highest BCUT2D eigenvalue weighted by molar-refractivity contribution is 9.25. The molecule has 1 aliphatic carbocycles. The lowest BCUT2D eigenvalue weighted by Gasteiger charge is -2.30. The van der Waals surface area contributed by atoms with Crippen molar-refractivity contribution in [2.24, 2.45) is 5.92 Å². The van der Waals surface area contributed by atoms with Crippen molar-refractivity contribution in [3.05, 3.63) is 0 Å². The van der Waals surface area contributed by atoms with Crippen molar-refractivity contribution in [2.75, 3.05) is 0 Å². The average Bonchev–Trinajstić information content (AvgIpc) is 2.07. The van der Waals surface area contributed by atoms with Gasteiger partial charge in [-0.3, -0.25) is 9.59 Å². The fraction of sp³-hybridized carbons (Fsp3) is 0.750. The Morgan fingerprint density at radius 1 is 1.40 bits per heavy atom. The fourth-order valence-electron chi connectivity index (χ4n) is 1.49. The zero-order chi connectivity index (χ0) is 11.9. The van der Waals surface area contributed by atoms with Crippen molar-refractivity contribution in [1.82, 2.24) is 0 Å². The minimum Gasteiger partial charge on any atom is -0.296 e. The number of halogens is 5. The van der Waals surface area contributed by atoms with Gasteiger partial charge in [0.2, 0.25) is 3.79 Å². The van der Waals surface area contributed by atoms with Gasteiger partial charge in [0.15, 0.2) is 11.6 Å². The van der Waals surface area contributed by atoms with Gasteiger partial charge in [0.1, 0.15) is 3.23 Å². The predicted molar refractivity (Wildman–Crippen MR) is 68.2 cm³/mol. The minimum absolute atomic E-state index is 0.273. The molecule has 1 aliphatic rings. The fourth-order valence-corrected chi connectivity index (χ4v) is 2.99. The zero-order valence-corrected chi connectivity index (χ0v) is 12.8. The maximum Gasteiger partial charge on any atom is 0.249 e. The van der Waals surface area contributed by atoms with E-state index in [1.54, 1.807) is 0 Å². The lowest BCUT2D eigenvalue weighted by molar-refractivity contribution is -0.133. The molecule has 0 saturated heterocycles. The summed E-state index contributed by atoms with van der Waals surface area (Å²) in [4.78, 5) is 23.5. The van der Waals surface area contributed by atoms with E-state index >= 15 is 0 Å². The molecule has 0 aromatic carbocycles. The van der Waals surface area contributed by atoms with Crippen LogP contribution in [0.25, 0.3) is 0 Å². The molecular formula is C8H7Br2Cl3O2. The molecule has 7 heteroatoms. The van der Waals surface area contributed by atoms with Crippen molar-refractivity contribution in [3.63, 3.8) is 0 Å². The molecule has 0 radical (unpaired) electrons. The first kappa shape index (κ1) is 14.2. The number of rotatable bonds is 1. The Morgan fingerprint density at radius 2 is 1.93 bits per heavy atom. The first-order valence-electron chi connectivity index (χ1n) is 4.19. The van der Waals surface area contributed by atoms with E-state index < -0.39 is 18.7 Å². The van der Waals surface area contributed by atoms with Crippen LogP contribution in [-0.4, -0.2) is 18.6 Å². The molecule has 1 atom stereocenters. The summed E-state index contributed by atoms with van der Waals surface area (Å²) in [5, 5.41) is 0. The summed E-state index contributed by atoms with van der Waals surface area (Å²) in [6, 6.07) is 0. The van der Waals surface area contributed by atoms with Crippen LogP contribution in [0.1, 0.15) is 19.3 Å². The molecule has 15 heavy (non-hydrogen) atoms. The Kier molecular flexibility index (Phi) is 4.56. The number of Topliss-reactive ketones (excluding diaryl/α,β-unsaturated/α-hetero) is 2. The van der Waals surface area contributed by atoms with E-state index in [4.69, 9.17) is 34.8 Å². The van der Waals surface area contributed by atoms with Crippen LogP contribution in [-0.2, 0) is 9.59 Å². The van der Waals surface area contributed by atoms with Gasteiger partial charge in [0.05, 0.1) is 5.92 Å². The molecule has 0 spiro atoms. The predicted octanol–water partition coefficient (Wildman–Crippen LogP) is 3.78. The van der Waals surface area contributed by atoms with Crippen LogP contribution in [0.5, 0.6) is 0 Å². The molecule has 0 aromatic heterocycles. The summed E-state index contributed by atoms with van der Waals surface area (Å²) in [6.07, 6.45) is 1.78. The summed E-state index contributed by atoms with van der Waals surface area (Å²) in [5.41, 5.74) is 0. The minimum atomic E-state index is -2.02. The third-order valence-electron chi connectivity index (χ3n) is 2.26. The van der Waals surface area contributed by atoms with E-state index in [9.17, 15) is 9.59 Å². The van der Waals surface area contributed by atoms with Gasteiger partial charge in [0.25, 0.3) is 0 Å². The van der Waals surface area contributed by atoms with Crippen molar-refractivity contribution >= 4 is 78.2 Å². The molecule has 0 bridgehead atoms. The maximum absolute atomic E-state index is 11.8. The Bertz CT molecular complexity index is 291. The molecule has 1 unspecified atom stereocenters. The summed E-state index contributed by atoms with van der Waals surface area (Å²) in [7, 11) is 0. The van der Waals surface area contributed by atoms with Crippen LogP contribution in [0.2, 0.25) is 0 Å². The molecule has 1 saturated carbocycles. The molecule has 1 rings (SSSR count). The second-order valence-corrected chi connectivity index (χ2v) is 9.43. The van der Waals surface area contributed by atoms with Crippen LogP contribution >= 0.6 is 66.7 Å². The highest BCUT2D eigenvalue weighted by Gasteiger charge is 2.48. The van der Waals surface area contributed by atoms with Crippen LogP contribution in [0.4, 0.5) is 0 Å². The van der Waals surface area contributed by atoms with E-state index in [0.29, 0.717) is 12.8 Å². The SMILES string of the molecule is O=C(C1CCCC(Br)(Br)C1=O)C(Cl)(Cl)Cl. The molecule has 0 aliphatic heterocycles. The van der Waals surface area contributed by atoms with Crippen LogP contribution < -0.4 is 0 Å². The van der Waals surface area contributed by atoms with Gasteiger partial charge in [-0.15, -0.1) is 0 Å². The summed E-state index contributed by atoms with van der Waals surface area (Å²) < 4.78 is -2.87. The Balaban J connectivity index is 2.88. The number of alkyl halides is 5. The van der Waals surface area contributed by atoms with Crippen molar-refractivity contribution in [1.29, 1.82) is 0 Å². The second-order valence-electron chi connectivity index (χ2n) is 3.38. The molecule has 2 nitrogen and oxygen atoms in total. The monoisotopic (exact) mass is 398 g/mol.